The summed E-state index contributed by atoms with van der Waals surface area (Å²) in [7, 11) is 1.57. The lowest BCUT2D eigenvalue weighted by Crippen LogP contribution is -2.11. The Morgan fingerprint density at radius 3 is 2.75 bits per heavy atom. The molecule has 0 fully saturated rings. The lowest BCUT2D eigenvalue weighted by Gasteiger charge is -2.08. The van der Waals surface area contributed by atoms with Gasteiger partial charge >= 0.3 is 0 Å². The Kier molecular flexibility index (Phi) is 3.32. The van der Waals surface area contributed by atoms with E-state index in [4.69, 9.17) is 16.3 Å². The molecule has 1 aromatic carbocycles. The van der Waals surface area contributed by atoms with Crippen LogP contribution in [-0.4, -0.2) is 22.1 Å². The van der Waals surface area contributed by atoms with E-state index in [9.17, 15) is 4.79 Å². The predicted octanol–water partition coefficient (Wildman–Crippen LogP) is 4.04. The standard InChI is InChI=1S/C18H14ClN3O2/c1-9-15(10-5-6-20-14(7-10)24-2)17-16(22-18(9)23)12-8-11(19)3-4-13(12)21-17/h3-8,21H,1-2H3,(H,22,23). The predicted molar refractivity (Wildman–Crippen MR) is 96.0 cm³/mol. The van der Waals surface area contributed by atoms with Crippen molar-refractivity contribution in [1.82, 2.24) is 15.0 Å². The average Bonchev–Trinajstić information content (AvgIpc) is 2.93. The Bertz CT molecular complexity index is 1140. The molecule has 0 saturated carbocycles. The maximum absolute atomic E-state index is 12.5. The van der Waals surface area contributed by atoms with E-state index in [-0.39, 0.29) is 5.56 Å². The molecule has 0 atom stereocenters. The van der Waals surface area contributed by atoms with E-state index in [1.165, 1.54) is 0 Å². The fraction of sp³-hybridized carbons (Fsp3) is 0.111. The van der Waals surface area contributed by atoms with Crippen molar-refractivity contribution < 1.29 is 4.74 Å². The third kappa shape index (κ3) is 2.17. The Balaban J connectivity index is 2.15. The SMILES string of the molecule is COc1cc(-c2c(C)c(=O)[nH]c3c2[nH]c2ccc(Cl)cc23)ccn1. The maximum Gasteiger partial charge on any atom is 0.252 e. The van der Waals surface area contributed by atoms with Gasteiger partial charge in [-0.1, -0.05) is 11.6 Å². The van der Waals surface area contributed by atoms with Crippen LogP contribution in [0.1, 0.15) is 5.56 Å². The molecule has 0 saturated heterocycles. The number of benzene rings is 1. The molecule has 0 spiro atoms. The fourth-order valence-electron chi connectivity index (χ4n) is 3.03. The first-order valence-electron chi connectivity index (χ1n) is 7.42. The molecule has 4 aromatic rings. The highest BCUT2D eigenvalue weighted by Gasteiger charge is 2.16. The van der Waals surface area contributed by atoms with Crippen molar-refractivity contribution in [1.29, 1.82) is 0 Å². The smallest absolute Gasteiger partial charge is 0.252 e. The van der Waals surface area contributed by atoms with Crippen LogP contribution in [0.5, 0.6) is 5.88 Å². The molecule has 0 bridgehead atoms. The van der Waals surface area contributed by atoms with Crippen LogP contribution in [0.4, 0.5) is 0 Å². The average molecular weight is 340 g/mol. The van der Waals surface area contributed by atoms with Crippen LogP contribution in [0, 0.1) is 6.92 Å². The zero-order valence-electron chi connectivity index (χ0n) is 13.1. The van der Waals surface area contributed by atoms with Gasteiger partial charge in [-0.05, 0) is 36.8 Å². The highest BCUT2D eigenvalue weighted by atomic mass is 35.5. The molecule has 0 radical (unpaired) electrons. The lowest BCUT2D eigenvalue weighted by atomic mass is 10.0. The van der Waals surface area contributed by atoms with Gasteiger partial charge in [-0.25, -0.2) is 4.98 Å². The van der Waals surface area contributed by atoms with E-state index in [1.54, 1.807) is 20.2 Å². The maximum atomic E-state index is 12.5. The number of rotatable bonds is 2. The summed E-state index contributed by atoms with van der Waals surface area (Å²) in [5.41, 5.74) is 4.72. The number of hydrogen-bond acceptors (Lipinski definition) is 3. The molecule has 24 heavy (non-hydrogen) atoms. The first kappa shape index (κ1) is 14.8. The number of aromatic nitrogens is 3. The normalized spacial score (nSPS) is 11.3. The summed E-state index contributed by atoms with van der Waals surface area (Å²) in [6.07, 6.45) is 1.67. The molecule has 0 unspecified atom stereocenters. The van der Waals surface area contributed by atoms with Crippen LogP contribution in [0.3, 0.4) is 0 Å². The van der Waals surface area contributed by atoms with Crippen LogP contribution >= 0.6 is 11.6 Å². The van der Waals surface area contributed by atoms with Crippen molar-refractivity contribution in [3.63, 3.8) is 0 Å². The van der Waals surface area contributed by atoms with Gasteiger partial charge in [0.25, 0.3) is 5.56 Å². The number of fused-ring (bicyclic) bond motifs is 3. The highest BCUT2D eigenvalue weighted by Crippen LogP contribution is 2.34. The number of halogens is 1. The minimum Gasteiger partial charge on any atom is -0.481 e. The van der Waals surface area contributed by atoms with Crippen molar-refractivity contribution in [2.45, 2.75) is 6.92 Å². The second-order valence-electron chi connectivity index (χ2n) is 5.61. The van der Waals surface area contributed by atoms with Crippen LogP contribution in [-0.2, 0) is 0 Å². The summed E-state index contributed by atoms with van der Waals surface area (Å²) in [6, 6.07) is 9.25. The monoisotopic (exact) mass is 339 g/mol. The second-order valence-corrected chi connectivity index (χ2v) is 6.04. The number of nitrogens with zero attached hydrogens (tertiary/aromatic N) is 1. The Morgan fingerprint density at radius 2 is 1.96 bits per heavy atom. The largest absolute Gasteiger partial charge is 0.481 e. The van der Waals surface area contributed by atoms with Gasteiger partial charge in [0, 0.05) is 39.3 Å². The van der Waals surface area contributed by atoms with Gasteiger partial charge in [0.05, 0.1) is 18.1 Å². The van der Waals surface area contributed by atoms with E-state index in [0.717, 1.165) is 33.1 Å². The van der Waals surface area contributed by atoms with E-state index in [1.807, 2.05) is 30.3 Å². The highest BCUT2D eigenvalue weighted by molar-refractivity contribution is 6.31. The number of pyridine rings is 2. The zero-order valence-corrected chi connectivity index (χ0v) is 13.9. The van der Waals surface area contributed by atoms with Crippen LogP contribution in [0.2, 0.25) is 5.02 Å². The molecule has 0 amide bonds. The minimum atomic E-state index is -0.130. The first-order valence-corrected chi connectivity index (χ1v) is 7.80. The van der Waals surface area contributed by atoms with Gasteiger partial charge in [0.15, 0.2) is 0 Å². The fourth-order valence-corrected chi connectivity index (χ4v) is 3.20. The summed E-state index contributed by atoms with van der Waals surface area (Å²) < 4.78 is 5.21. The van der Waals surface area contributed by atoms with Gasteiger partial charge in [0.2, 0.25) is 5.88 Å². The summed E-state index contributed by atoms with van der Waals surface area (Å²) in [4.78, 5) is 22.9. The topological polar surface area (TPSA) is 70.8 Å². The number of hydrogen-bond donors (Lipinski definition) is 2. The Morgan fingerprint density at radius 1 is 1.12 bits per heavy atom. The zero-order chi connectivity index (χ0) is 16.8. The van der Waals surface area contributed by atoms with Crippen molar-refractivity contribution in [3.8, 4) is 17.0 Å². The molecule has 2 N–H and O–H groups in total. The minimum absolute atomic E-state index is 0.130. The number of aromatic amines is 2. The second kappa shape index (κ2) is 5.39. The van der Waals surface area contributed by atoms with Crippen molar-refractivity contribution in [2.24, 2.45) is 0 Å². The molecule has 0 aliphatic rings. The molecular formula is C18H14ClN3O2. The van der Waals surface area contributed by atoms with Crippen molar-refractivity contribution in [3.05, 3.63) is 57.5 Å². The lowest BCUT2D eigenvalue weighted by molar-refractivity contribution is 0.398. The van der Waals surface area contributed by atoms with Gasteiger partial charge in [-0.3, -0.25) is 4.79 Å². The van der Waals surface area contributed by atoms with E-state index < -0.39 is 0 Å². The third-order valence-corrected chi connectivity index (χ3v) is 4.43. The Labute approximate surface area is 142 Å². The molecule has 120 valence electrons. The first-order chi connectivity index (χ1) is 11.6. The molecule has 0 aliphatic heterocycles. The van der Waals surface area contributed by atoms with Crippen LogP contribution in [0.15, 0.2) is 41.3 Å². The van der Waals surface area contributed by atoms with Crippen molar-refractivity contribution in [2.75, 3.05) is 7.11 Å². The van der Waals surface area contributed by atoms with Gasteiger partial charge < -0.3 is 14.7 Å². The third-order valence-electron chi connectivity index (χ3n) is 4.20. The quantitative estimate of drug-likeness (QED) is 0.579. The summed E-state index contributed by atoms with van der Waals surface area (Å²) in [6.45, 7) is 1.80. The Hall–Kier alpha value is -2.79. The molecule has 5 nitrogen and oxygen atoms in total. The number of nitrogens with one attached hydrogen (secondary N) is 2. The van der Waals surface area contributed by atoms with E-state index >= 15 is 0 Å². The molecule has 4 rings (SSSR count). The number of methoxy groups -OCH3 is 1. The number of ether oxygens (including phenoxy) is 1. The molecule has 0 aliphatic carbocycles. The summed E-state index contributed by atoms with van der Waals surface area (Å²) in [5, 5.41) is 1.51. The van der Waals surface area contributed by atoms with Gasteiger partial charge in [-0.2, -0.15) is 0 Å². The molecule has 6 heteroatoms. The van der Waals surface area contributed by atoms with E-state index in [2.05, 4.69) is 15.0 Å². The summed E-state index contributed by atoms with van der Waals surface area (Å²) >= 11 is 6.11. The molecule has 3 heterocycles. The van der Waals surface area contributed by atoms with E-state index in [0.29, 0.717) is 16.5 Å². The molecular weight excluding hydrogens is 326 g/mol. The van der Waals surface area contributed by atoms with Gasteiger partial charge in [-0.15, -0.1) is 0 Å². The van der Waals surface area contributed by atoms with Gasteiger partial charge in [0.1, 0.15) is 0 Å². The van der Waals surface area contributed by atoms with Crippen molar-refractivity contribution >= 4 is 33.5 Å². The van der Waals surface area contributed by atoms with Crippen LogP contribution < -0.4 is 10.3 Å². The number of H-pyrrole nitrogens is 2. The van der Waals surface area contributed by atoms with Crippen LogP contribution in [0.25, 0.3) is 33.1 Å². The summed E-state index contributed by atoms with van der Waals surface area (Å²) in [5.74, 6) is 0.500. The molecule has 3 aromatic heterocycles.